The van der Waals surface area contributed by atoms with Crippen molar-refractivity contribution in [3.8, 4) is 0 Å². The maximum absolute atomic E-state index is 14.3. The van der Waals surface area contributed by atoms with Gasteiger partial charge in [-0.15, -0.1) is 0 Å². The molecule has 1 aliphatic heterocycles. The van der Waals surface area contributed by atoms with E-state index in [0.29, 0.717) is 17.3 Å². The summed E-state index contributed by atoms with van der Waals surface area (Å²) in [4.78, 5) is 16.8. The second kappa shape index (κ2) is 6.64. The molecule has 0 fully saturated rings. The van der Waals surface area contributed by atoms with Gasteiger partial charge in [-0.1, -0.05) is 6.92 Å². The second-order valence-electron chi connectivity index (χ2n) is 6.62. The fourth-order valence-electron chi connectivity index (χ4n) is 3.04. The molecule has 2 atom stereocenters. The first-order chi connectivity index (χ1) is 13.4. The van der Waals surface area contributed by atoms with Crippen molar-refractivity contribution in [3.63, 3.8) is 0 Å². The molecule has 4 rings (SSSR count). The highest BCUT2D eigenvalue weighted by atomic mass is 19.1. The highest BCUT2D eigenvalue weighted by Crippen LogP contribution is 2.34. The number of pyridine rings is 2. The van der Waals surface area contributed by atoms with Crippen molar-refractivity contribution >= 4 is 17.3 Å². The highest BCUT2D eigenvalue weighted by molar-refractivity contribution is 6.12. The van der Waals surface area contributed by atoms with Crippen LogP contribution in [0.15, 0.2) is 48.2 Å². The minimum absolute atomic E-state index is 0.00433. The van der Waals surface area contributed by atoms with Crippen LogP contribution in [0.1, 0.15) is 24.1 Å². The molecule has 3 aromatic heterocycles. The first-order valence-corrected chi connectivity index (χ1v) is 8.53. The lowest BCUT2D eigenvalue weighted by Crippen LogP contribution is -2.54. The normalized spacial score (nSPS) is 19.4. The molecule has 0 bridgehead atoms. The van der Waals surface area contributed by atoms with Crippen molar-refractivity contribution in [3.05, 3.63) is 66.1 Å². The Hall–Kier alpha value is -3.40. The molecule has 144 valence electrons. The number of imidazole rings is 1. The van der Waals surface area contributed by atoms with Crippen LogP contribution in [-0.2, 0) is 7.05 Å². The molecular formula is C18H18F2N8. The van der Waals surface area contributed by atoms with Gasteiger partial charge in [-0.25, -0.2) is 18.8 Å². The van der Waals surface area contributed by atoms with Crippen LogP contribution in [0.3, 0.4) is 0 Å². The molecule has 0 aromatic carbocycles. The maximum Gasteiger partial charge on any atom is 0.193 e. The minimum atomic E-state index is -1.45. The molecule has 0 saturated heterocycles. The van der Waals surface area contributed by atoms with Crippen LogP contribution in [0.4, 0.5) is 20.3 Å². The summed E-state index contributed by atoms with van der Waals surface area (Å²) in [5.74, 6) is -2.68. The van der Waals surface area contributed by atoms with Crippen LogP contribution in [0, 0.1) is 11.6 Å². The Morgan fingerprint density at radius 2 is 2.11 bits per heavy atom. The van der Waals surface area contributed by atoms with Gasteiger partial charge in [0.25, 0.3) is 0 Å². The minimum Gasteiger partial charge on any atom is -0.347 e. The van der Waals surface area contributed by atoms with Crippen LogP contribution >= 0.6 is 0 Å². The predicted octanol–water partition coefficient (Wildman–Crippen LogP) is 2.19. The third kappa shape index (κ3) is 3.18. The van der Waals surface area contributed by atoms with Gasteiger partial charge >= 0.3 is 0 Å². The molecular weight excluding hydrogens is 366 g/mol. The van der Waals surface area contributed by atoms with E-state index in [1.807, 2.05) is 7.05 Å². The Labute approximate surface area is 159 Å². The molecule has 0 spiro atoms. The number of aryl methyl sites for hydroxylation is 1. The van der Waals surface area contributed by atoms with Gasteiger partial charge in [0.1, 0.15) is 23.3 Å². The van der Waals surface area contributed by atoms with Crippen molar-refractivity contribution in [2.75, 3.05) is 10.6 Å². The molecule has 4 N–H and O–H groups in total. The number of hydrogen-bond donors (Lipinski definition) is 3. The zero-order valence-electron chi connectivity index (χ0n) is 15.2. The number of nitrogens with one attached hydrogen (secondary N) is 2. The van der Waals surface area contributed by atoms with Crippen molar-refractivity contribution in [1.29, 1.82) is 0 Å². The number of anilines is 2. The number of aromatic nitrogens is 4. The number of rotatable bonds is 3. The van der Waals surface area contributed by atoms with Crippen LogP contribution < -0.4 is 16.4 Å². The van der Waals surface area contributed by atoms with E-state index in [2.05, 4.69) is 30.6 Å². The predicted molar refractivity (Wildman–Crippen MR) is 101 cm³/mol. The average molecular weight is 384 g/mol. The zero-order chi connectivity index (χ0) is 19.9. The van der Waals surface area contributed by atoms with E-state index >= 15 is 0 Å². The number of nitrogens with zero attached hydrogens (tertiary/aromatic N) is 5. The molecule has 28 heavy (non-hydrogen) atoms. The largest absolute Gasteiger partial charge is 0.347 e. The quantitative estimate of drug-likeness (QED) is 0.639. The van der Waals surface area contributed by atoms with Gasteiger partial charge in [0.2, 0.25) is 0 Å². The summed E-state index contributed by atoms with van der Waals surface area (Å²) in [7, 11) is 1.85. The Balaban J connectivity index is 1.76. The zero-order valence-corrected chi connectivity index (χ0v) is 15.2. The number of halogens is 2. The lowest BCUT2D eigenvalue weighted by atomic mass is 9.95. The fraction of sp³-hybridized carbons (Fsp3) is 0.222. The van der Waals surface area contributed by atoms with E-state index in [9.17, 15) is 8.78 Å². The topological polar surface area (TPSA) is 106 Å². The highest BCUT2D eigenvalue weighted by Gasteiger charge is 2.39. The SMILES string of the molecule is C[C@@H](c1ncc(F)cc1F)C1(N)N=C(Nc2cn(C)cn2)c2ccncc2N1. The third-order valence-corrected chi connectivity index (χ3v) is 4.57. The Morgan fingerprint density at radius 1 is 1.29 bits per heavy atom. The maximum atomic E-state index is 14.3. The van der Waals surface area contributed by atoms with Crippen molar-refractivity contribution < 1.29 is 8.78 Å². The van der Waals surface area contributed by atoms with Gasteiger partial charge in [0.15, 0.2) is 5.79 Å². The van der Waals surface area contributed by atoms with Crippen LogP contribution in [0.25, 0.3) is 0 Å². The van der Waals surface area contributed by atoms with Crippen LogP contribution in [-0.4, -0.2) is 31.1 Å². The summed E-state index contributed by atoms with van der Waals surface area (Å²) < 4.78 is 29.3. The van der Waals surface area contributed by atoms with Gasteiger partial charge in [0, 0.05) is 31.1 Å². The molecule has 10 heteroatoms. The molecule has 0 aliphatic carbocycles. The molecule has 1 unspecified atom stereocenters. The van der Waals surface area contributed by atoms with E-state index in [4.69, 9.17) is 5.73 Å². The van der Waals surface area contributed by atoms with Gasteiger partial charge in [-0.3, -0.25) is 15.7 Å². The van der Waals surface area contributed by atoms with Gasteiger partial charge in [-0.2, -0.15) is 0 Å². The molecule has 1 aliphatic rings. The molecule has 0 amide bonds. The lowest BCUT2D eigenvalue weighted by Gasteiger charge is -2.37. The van der Waals surface area contributed by atoms with E-state index in [0.717, 1.165) is 17.8 Å². The number of amidine groups is 1. The standard InChI is InChI=1S/C18H18F2N8/c1-10(16-13(20)5-11(19)6-23-16)18(21)26-14-7-22-4-3-12(14)17(27-18)25-15-8-28(2)9-24-15/h3-10,26H,21H2,1-2H3,(H,25,27)/t10-,18?/m0/s1. The van der Waals surface area contributed by atoms with Crippen molar-refractivity contribution in [2.24, 2.45) is 17.8 Å². The second-order valence-corrected chi connectivity index (χ2v) is 6.62. The molecule has 0 saturated carbocycles. The lowest BCUT2D eigenvalue weighted by molar-refractivity contribution is 0.402. The van der Waals surface area contributed by atoms with E-state index < -0.39 is 23.3 Å². The monoisotopic (exact) mass is 384 g/mol. The van der Waals surface area contributed by atoms with Gasteiger partial charge < -0.3 is 15.2 Å². The average Bonchev–Trinajstić information content (AvgIpc) is 3.06. The first-order valence-electron chi connectivity index (χ1n) is 8.53. The van der Waals surface area contributed by atoms with Crippen LogP contribution in [0.5, 0.6) is 0 Å². The number of aliphatic imine (C=N–C) groups is 1. The third-order valence-electron chi connectivity index (χ3n) is 4.57. The molecule has 3 aromatic rings. The molecule has 0 radical (unpaired) electrons. The Bertz CT molecular complexity index is 1060. The summed E-state index contributed by atoms with van der Waals surface area (Å²) in [5, 5.41) is 6.24. The Kier molecular flexibility index (Phi) is 4.27. The number of nitrogens with two attached hydrogens (primary N) is 1. The van der Waals surface area contributed by atoms with Crippen LogP contribution in [0.2, 0.25) is 0 Å². The number of hydrogen-bond acceptors (Lipinski definition) is 7. The van der Waals surface area contributed by atoms with Crippen molar-refractivity contribution in [2.45, 2.75) is 18.6 Å². The first kappa shape index (κ1) is 18.0. The summed E-state index contributed by atoms with van der Waals surface area (Å²) in [5.41, 5.74) is 7.87. The summed E-state index contributed by atoms with van der Waals surface area (Å²) in [6.07, 6.45) is 7.62. The number of fused-ring (bicyclic) bond motifs is 1. The molecule has 4 heterocycles. The fourth-order valence-corrected chi connectivity index (χ4v) is 3.04. The van der Waals surface area contributed by atoms with Gasteiger partial charge in [0.05, 0.1) is 36.0 Å². The smallest absolute Gasteiger partial charge is 0.193 e. The van der Waals surface area contributed by atoms with E-state index in [1.165, 1.54) is 0 Å². The summed E-state index contributed by atoms with van der Waals surface area (Å²) in [6, 6.07) is 2.55. The van der Waals surface area contributed by atoms with Gasteiger partial charge in [-0.05, 0) is 6.07 Å². The van der Waals surface area contributed by atoms with E-state index in [1.54, 1.807) is 42.5 Å². The van der Waals surface area contributed by atoms with Crippen molar-refractivity contribution in [1.82, 2.24) is 19.5 Å². The summed E-state index contributed by atoms with van der Waals surface area (Å²) >= 11 is 0. The summed E-state index contributed by atoms with van der Waals surface area (Å²) in [6.45, 7) is 1.67. The Morgan fingerprint density at radius 3 is 2.82 bits per heavy atom. The molecule has 8 nitrogen and oxygen atoms in total. The van der Waals surface area contributed by atoms with E-state index in [-0.39, 0.29) is 5.69 Å².